The van der Waals surface area contributed by atoms with Gasteiger partial charge in [0, 0.05) is 31.5 Å². The molecule has 0 saturated carbocycles. The molecule has 1 aliphatic heterocycles. The van der Waals surface area contributed by atoms with E-state index in [-0.39, 0.29) is 5.41 Å². The molecule has 2 aliphatic rings. The van der Waals surface area contributed by atoms with Crippen LogP contribution in [0.3, 0.4) is 0 Å². The van der Waals surface area contributed by atoms with Crippen molar-refractivity contribution >= 4 is 5.78 Å². The highest BCUT2D eigenvalue weighted by Crippen LogP contribution is 2.41. The van der Waals surface area contributed by atoms with Crippen LogP contribution in [-0.2, 0) is 11.3 Å². The van der Waals surface area contributed by atoms with Gasteiger partial charge in [0.2, 0.25) is 0 Å². The summed E-state index contributed by atoms with van der Waals surface area (Å²) in [5, 5.41) is 0. The second-order valence-electron chi connectivity index (χ2n) is 6.14. The highest BCUT2D eigenvalue weighted by molar-refractivity contribution is 5.91. The molecule has 3 rings (SSSR count). The summed E-state index contributed by atoms with van der Waals surface area (Å²) in [6.45, 7) is 5.50. The first kappa shape index (κ1) is 12.6. The lowest BCUT2D eigenvalue weighted by Crippen LogP contribution is -2.44. The van der Waals surface area contributed by atoms with Crippen molar-refractivity contribution in [1.82, 2.24) is 4.90 Å². The van der Waals surface area contributed by atoms with Crippen molar-refractivity contribution in [3.05, 3.63) is 47.5 Å². The first-order chi connectivity index (χ1) is 9.16. The normalized spacial score (nSPS) is 27.8. The van der Waals surface area contributed by atoms with Crippen LogP contribution in [0.25, 0.3) is 0 Å². The van der Waals surface area contributed by atoms with E-state index in [4.69, 9.17) is 0 Å². The molecule has 2 nitrogen and oxygen atoms in total. The van der Waals surface area contributed by atoms with Crippen molar-refractivity contribution in [2.24, 2.45) is 5.41 Å². The number of carbonyl (C=O) groups excluding carboxylic acids is 1. The molecule has 0 bridgehead atoms. The number of ketones is 1. The van der Waals surface area contributed by atoms with Crippen LogP contribution in [0.1, 0.15) is 31.7 Å². The summed E-state index contributed by atoms with van der Waals surface area (Å²) in [5.74, 6) is 0.323. The zero-order chi connectivity index (χ0) is 13.3. The van der Waals surface area contributed by atoms with Crippen LogP contribution in [-0.4, -0.2) is 23.8 Å². The van der Waals surface area contributed by atoms with E-state index in [1.54, 1.807) is 0 Å². The highest BCUT2D eigenvalue weighted by atomic mass is 16.1. The lowest BCUT2D eigenvalue weighted by Gasteiger charge is -2.44. The second kappa shape index (κ2) is 4.93. The maximum atomic E-state index is 11.5. The first-order valence-corrected chi connectivity index (χ1v) is 7.16. The van der Waals surface area contributed by atoms with Crippen molar-refractivity contribution < 1.29 is 4.79 Å². The topological polar surface area (TPSA) is 20.3 Å². The summed E-state index contributed by atoms with van der Waals surface area (Å²) in [4.78, 5) is 14.1. The Balaban J connectivity index is 1.72. The molecule has 2 heteroatoms. The molecular formula is C17H21NO. The van der Waals surface area contributed by atoms with Gasteiger partial charge < -0.3 is 0 Å². The third-order valence-electron chi connectivity index (χ3n) is 4.55. The van der Waals surface area contributed by atoms with Crippen molar-refractivity contribution in [2.45, 2.75) is 32.7 Å². The predicted molar refractivity (Wildman–Crippen MR) is 76.8 cm³/mol. The number of rotatable bonds is 2. The Kier molecular flexibility index (Phi) is 3.28. The van der Waals surface area contributed by atoms with Gasteiger partial charge in [-0.15, -0.1) is 0 Å². The molecule has 1 saturated heterocycles. The van der Waals surface area contributed by atoms with Crippen LogP contribution >= 0.6 is 0 Å². The Bertz CT molecular complexity index is 505. The maximum absolute atomic E-state index is 11.5. The van der Waals surface area contributed by atoms with E-state index >= 15 is 0 Å². The number of nitrogens with zero attached hydrogens (tertiary/aromatic N) is 1. The van der Waals surface area contributed by atoms with Gasteiger partial charge in [-0.3, -0.25) is 9.69 Å². The average Bonchev–Trinajstić information content (AvgIpc) is 2.41. The maximum Gasteiger partial charge on any atom is 0.155 e. The number of fused-ring (bicyclic) bond motifs is 1. The number of benzene rings is 1. The van der Waals surface area contributed by atoms with Crippen molar-refractivity contribution in [3.63, 3.8) is 0 Å². The zero-order valence-corrected chi connectivity index (χ0v) is 11.6. The number of hydrogen-bond donors (Lipinski definition) is 0. The molecule has 100 valence electrons. The third-order valence-corrected chi connectivity index (χ3v) is 4.55. The first-order valence-electron chi connectivity index (χ1n) is 7.16. The number of likely N-dealkylation sites (tertiary alicyclic amines) is 1. The quantitative estimate of drug-likeness (QED) is 0.809. The molecule has 0 N–H and O–H groups in total. The molecule has 0 amide bonds. The molecule has 1 aliphatic carbocycles. The number of allylic oxidation sites excluding steroid dienone is 1. The summed E-state index contributed by atoms with van der Waals surface area (Å²) in [5.41, 5.74) is 2.99. The highest BCUT2D eigenvalue weighted by Gasteiger charge is 2.37. The van der Waals surface area contributed by atoms with E-state index < -0.39 is 0 Å². The smallest absolute Gasteiger partial charge is 0.155 e. The van der Waals surface area contributed by atoms with Gasteiger partial charge in [0.1, 0.15) is 0 Å². The molecule has 0 unspecified atom stereocenters. The average molecular weight is 255 g/mol. The van der Waals surface area contributed by atoms with Gasteiger partial charge in [0.15, 0.2) is 5.78 Å². The Labute approximate surface area is 115 Å². The van der Waals surface area contributed by atoms with Crippen molar-refractivity contribution in [1.29, 1.82) is 0 Å². The summed E-state index contributed by atoms with van der Waals surface area (Å²) < 4.78 is 0. The predicted octanol–water partition coefficient (Wildman–Crippen LogP) is 3.19. The molecule has 19 heavy (non-hydrogen) atoms. The lowest BCUT2D eigenvalue weighted by molar-refractivity contribution is -0.116. The van der Waals surface area contributed by atoms with E-state index in [1.807, 2.05) is 6.08 Å². The van der Waals surface area contributed by atoms with E-state index in [0.29, 0.717) is 5.78 Å². The molecular weight excluding hydrogens is 234 g/mol. The molecule has 0 radical (unpaired) electrons. The van der Waals surface area contributed by atoms with E-state index in [2.05, 4.69) is 42.2 Å². The van der Waals surface area contributed by atoms with Gasteiger partial charge in [-0.1, -0.05) is 42.8 Å². The van der Waals surface area contributed by atoms with Crippen LogP contribution in [0.2, 0.25) is 0 Å². The molecule has 0 spiro atoms. The van der Waals surface area contributed by atoms with Gasteiger partial charge in [-0.25, -0.2) is 0 Å². The van der Waals surface area contributed by atoms with Crippen LogP contribution in [0.5, 0.6) is 0 Å². The molecule has 0 aromatic heterocycles. The summed E-state index contributed by atoms with van der Waals surface area (Å²) in [7, 11) is 0. The van der Waals surface area contributed by atoms with Crippen LogP contribution in [0.15, 0.2) is 42.0 Å². The summed E-state index contributed by atoms with van der Waals surface area (Å²) in [6.07, 6.45) is 4.71. The van der Waals surface area contributed by atoms with E-state index in [9.17, 15) is 4.79 Å². The van der Waals surface area contributed by atoms with Gasteiger partial charge in [0.25, 0.3) is 0 Å². The molecule has 1 atom stereocenters. The molecule has 1 heterocycles. The van der Waals surface area contributed by atoms with Crippen LogP contribution in [0, 0.1) is 5.41 Å². The Hall–Kier alpha value is -1.41. The molecule has 1 aromatic carbocycles. The Morgan fingerprint density at radius 1 is 1.21 bits per heavy atom. The molecule has 1 aromatic rings. The fraction of sp³-hybridized carbons (Fsp3) is 0.471. The number of piperidine rings is 1. The lowest BCUT2D eigenvalue weighted by atomic mass is 9.70. The zero-order valence-electron chi connectivity index (χ0n) is 11.6. The Morgan fingerprint density at radius 3 is 2.79 bits per heavy atom. The van der Waals surface area contributed by atoms with Gasteiger partial charge in [0.05, 0.1) is 0 Å². The van der Waals surface area contributed by atoms with Crippen LogP contribution in [0.4, 0.5) is 0 Å². The minimum atomic E-state index is 0.223. The summed E-state index contributed by atoms with van der Waals surface area (Å²) in [6, 6.07) is 10.7. The monoisotopic (exact) mass is 255 g/mol. The largest absolute Gasteiger partial charge is 0.298 e. The minimum absolute atomic E-state index is 0.223. The summed E-state index contributed by atoms with van der Waals surface area (Å²) >= 11 is 0. The van der Waals surface area contributed by atoms with Crippen molar-refractivity contribution in [2.75, 3.05) is 13.1 Å². The van der Waals surface area contributed by atoms with Gasteiger partial charge >= 0.3 is 0 Å². The second-order valence-corrected chi connectivity index (χ2v) is 6.14. The van der Waals surface area contributed by atoms with Gasteiger partial charge in [-0.2, -0.15) is 0 Å². The van der Waals surface area contributed by atoms with Crippen LogP contribution < -0.4 is 0 Å². The molecule has 1 fully saturated rings. The minimum Gasteiger partial charge on any atom is -0.298 e. The number of carbonyl (C=O) groups is 1. The van der Waals surface area contributed by atoms with E-state index in [1.165, 1.54) is 11.1 Å². The fourth-order valence-electron chi connectivity index (χ4n) is 3.38. The van der Waals surface area contributed by atoms with Gasteiger partial charge in [-0.05, 0) is 24.5 Å². The fourth-order valence-corrected chi connectivity index (χ4v) is 3.38. The van der Waals surface area contributed by atoms with Crippen molar-refractivity contribution in [3.8, 4) is 0 Å². The van der Waals surface area contributed by atoms with E-state index in [0.717, 1.165) is 38.9 Å². The SMILES string of the molecule is C[C@]12CCC(=O)C=C1CCN(Cc1ccccc1)C2. The Morgan fingerprint density at radius 2 is 2.00 bits per heavy atom. The standard InChI is InChI=1S/C17H21NO/c1-17-9-7-16(19)11-15(17)8-10-18(13-17)12-14-5-3-2-4-6-14/h2-6,11H,7-10,12-13H2,1H3/t17-/m1/s1. The number of hydrogen-bond acceptors (Lipinski definition) is 2. The third kappa shape index (κ3) is 2.64.